The van der Waals surface area contributed by atoms with E-state index in [9.17, 15) is 5.11 Å². The van der Waals surface area contributed by atoms with Crippen LogP contribution in [0.25, 0.3) is 0 Å². The molecule has 0 amide bonds. The lowest BCUT2D eigenvalue weighted by Gasteiger charge is -2.27. The third-order valence-corrected chi connectivity index (χ3v) is 4.20. The highest BCUT2D eigenvalue weighted by molar-refractivity contribution is 7.10. The van der Waals surface area contributed by atoms with Gasteiger partial charge in [-0.15, -0.1) is 11.3 Å². The lowest BCUT2D eigenvalue weighted by Crippen LogP contribution is -2.45. The van der Waals surface area contributed by atoms with E-state index in [1.807, 2.05) is 11.4 Å². The van der Waals surface area contributed by atoms with Crippen LogP contribution in [0.4, 0.5) is 5.69 Å². The Balaban J connectivity index is 1.94. The zero-order chi connectivity index (χ0) is 10.7. The van der Waals surface area contributed by atoms with E-state index >= 15 is 0 Å². The van der Waals surface area contributed by atoms with Gasteiger partial charge >= 0.3 is 0 Å². The highest BCUT2D eigenvalue weighted by Gasteiger charge is 2.32. The molecule has 0 saturated heterocycles. The van der Waals surface area contributed by atoms with Crippen molar-refractivity contribution in [2.24, 2.45) is 0 Å². The first-order chi connectivity index (χ1) is 7.26. The number of hydrogen-bond donors (Lipinski definition) is 3. The lowest BCUT2D eigenvalue weighted by atomic mass is 9.99. The van der Waals surface area contributed by atoms with Crippen LogP contribution in [0.2, 0.25) is 0 Å². The largest absolute Gasteiger partial charge is 0.398 e. The predicted molar refractivity (Wildman–Crippen MR) is 63.9 cm³/mol. The summed E-state index contributed by atoms with van der Waals surface area (Å²) in [6, 6.07) is 1.93. The van der Waals surface area contributed by atoms with E-state index in [2.05, 4.69) is 5.32 Å². The van der Waals surface area contributed by atoms with Crippen molar-refractivity contribution in [3.63, 3.8) is 0 Å². The van der Waals surface area contributed by atoms with E-state index in [0.29, 0.717) is 0 Å². The molecule has 15 heavy (non-hydrogen) atoms. The molecule has 1 aliphatic carbocycles. The summed E-state index contributed by atoms with van der Waals surface area (Å²) in [4.78, 5) is 1.18. The van der Waals surface area contributed by atoms with Crippen molar-refractivity contribution in [2.75, 3.05) is 12.3 Å². The Morgan fingerprint density at radius 1 is 1.47 bits per heavy atom. The number of aliphatic hydroxyl groups is 1. The van der Waals surface area contributed by atoms with Crippen molar-refractivity contribution in [3.05, 3.63) is 16.3 Å². The molecule has 0 radical (unpaired) electrons. The summed E-state index contributed by atoms with van der Waals surface area (Å²) >= 11 is 1.67. The minimum atomic E-state index is -0.0452. The van der Waals surface area contributed by atoms with E-state index < -0.39 is 0 Å². The normalized spacial score (nSPS) is 19.5. The average Bonchev–Trinajstić information content (AvgIpc) is 2.85. The summed E-state index contributed by atoms with van der Waals surface area (Å²) in [5.74, 6) is 0. The molecule has 1 fully saturated rings. The smallest absolute Gasteiger partial charge is 0.0613 e. The van der Waals surface area contributed by atoms with Crippen LogP contribution in [0.3, 0.4) is 0 Å². The van der Waals surface area contributed by atoms with Gasteiger partial charge in [-0.2, -0.15) is 0 Å². The maximum Gasteiger partial charge on any atom is 0.0613 e. The Labute approximate surface area is 94.3 Å². The monoisotopic (exact) mass is 226 g/mol. The Bertz CT molecular complexity index is 318. The van der Waals surface area contributed by atoms with Gasteiger partial charge in [-0.3, -0.25) is 0 Å². The van der Waals surface area contributed by atoms with Crippen molar-refractivity contribution in [2.45, 2.75) is 37.8 Å². The van der Waals surface area contributed by atoms with Crippen molar-refractivity contribution in [1.29, 1.82) is 0 Å². The van der Waals surface area contributed by atoms with Gasteiger partial charge in [0.1, 0.15) is 0 Å². The van der Waals surface area contributed by atoms with Crippen LogP contribution in [-0.4, -0.2) is 17.3 Å². The zero-order valence-electron chi connectivity index (χ0n) is 8.83. The van der Waals surface area contributed by atoms with Gasteiger partial charge in [-0.1, -0.05) is 12.8 Å². The summed E-state index contributed by atoms with van der Waals surface area (Å²) in [6.45, 7) is 1.02. The minimum Gasteiger partial charge on any atom is -0.398 e. The van der Waals surface area contributed by atoms with Gasteiger partial charge in [0.25, 0.3) is 0 Å². The molecule has 1 aliphatic rings. The van der Waals surface area contributed by atoms with Gasteiger partial charge in [0, 0.05) is 22.6 Å². The molecule has 0 spiro atoms. The minimum absolute atomic E-state index is 0.0452. The molecule has 3 nitrogen and oxygen atoms in total. The van der Waals surface area contributed by atoms with Gasteiger partial charge in [-0.25, -0.2) is 0 Å². The topological polar surface area (TPSA) is 58.3 Å². The molecule has 0 atom stereocenters. The molecule has 0 aliphatic heterocycles. The number of nitrogen functional groups attached to an aromatic ring is 1. The summed E-state index contributed by atoms with van der Waals surface area (Å²) in [5.41, 5.74) is 6.63. The van der Waals surface area contributed by atoms with E-state index in [1.165, 1.54) is 17.7 Å². The Morgan fingerprint density at radius 2 is 2.20 bits per heavy atom. The van der Waals surface area contributed by atoms with E-state index in [1.54, 1.807) is 11.3 Å². The molecular formula is C11H18N2OS. The first-order valence-electron chi connectivity index (χ1n) is 5.43. The standard InChI is InChI=1S/C11H18N2OS/c12-9-3-6-15-10(9)7-13-11(8-14)4-1-2-5-11/h3,6,13-14H,1-2,4-5,7-8,12H2. The SMILES string of the molecule is Nc1ccsc1CNC1(CO)CCCC1. The van der Waals surface area contributed by atoms with Crippen LogP contribution in [-0.2, 0) is 6.54 Å². The number of rotatable bonds is 4. The molecule has 4 heteroatoms. The van der Waals surface area contributed by atoms with Crippen LogP contribution >= 0.6 is 11.3 Å². The third-order valence-electron chi connectivity index (χ3n) is 3.27. The molecular weight excluding hydrogens is 208 g/mol. The average molecular weight is 226 g/mol. The van der Waals surface area contributed by atoms with Gasteiger partial charge in [-0.05, 0) is 24.3 Å². The van der Waals surface area contributed by atoms with E-state index in [-0.39, 0.29) is 12.1 Å². The highest BCUT2D eigenvalue weighted by atomic mass is 32.1. The molecule has 1 heterocycles. The number of aliphatic hydroxyl groups excluding tert-OH is 1. The summed E-state index contributed by atoms with van der Waals surface area (Å²) < 4.78 is 0. The zero-order valence-corrected chi connectivity index (χ0v) is 9.65. The first kappa shape index (κ1) is 10.9. The van der Waals surface area contributed by atoms with Crippen LogP contribution in [0.1, 0.15) is 30.6 Å². The maximum absolute atomic E-state index is 9.42. The van der Waals surface area contributed by atoms with Crippen LogP contribution in [0.15, 0.2) is 11.4 Å². The third kappa shape index (κ3) is 2.33. The molecule has 1 saturated carbocycles. The predicted octanol–water partition coefficient (Wildman–Crippen LogP) is 1.73. The number of thiophene rings is 1. The number of nitrogens with two attached hydrogens (primary N) is 1. The highest BCUT2D eigenvalue weighted by Crippen LogP contribution is 2.30. The molecule has 1 aromatic heterocycles. The van der Waals surface area contributed by atoms with Crippen LogP contribution in [0, 0.1) is 0 Å². The maximum atomic E-state index is 9.42. The number of nitrogens with one attached hydrogen (secondary N) is 1. The van der Waals surface area contributed by atoms with Gasteiger partial charge in [0.2, 0.25) is 0 Å². The fourth-order valence-electron chi connectivity index (χ4n) is 2.20. The second kappa shape index (κ2) is 4.51. The number of hydrogen-bond acceptors (Lipinski definition) is 4. The Hall–Kier alpha value is -0.580. The molecule has 0 unspecified atom stereocenters. The van der Waals surface area contributed by atoms with Gasteiger partial charge < -0.3 is 16.2 Å². The van der Waals surface area contributed by atoms with Crippen LogP contribution < -0.4 is 11.1 Å². The second-order valence-corrected chi connectivity index (χ2v) is 5.30. The molecule has 84 valence electrons. The van der Waals surface area contributed by atoms with Crippen molar-refractivity contribution < 1.29 is 5.11 Å². The van der Waals surface area contributed by atoms with Crippen LogP contribution in [0.5, 0.6) is 0 Å². The quantitative estimate of drug-likeness (QED) is 0.732. The fraction of sp³-hybridized carbons (Fsp3) is 0.636. The van der Waals surface area contributed by atoms with Crippen molar-refractivity contribution in [3.8, 4) is 0 Å². The van der Waals surface area contributed by atoms with E-state index in [0.717, 1.165) is 25.1 Å². The molecule has 0 bridgehead atoms. The first-order valence-corrected chi connectivity index (χ1v) is 6.31. The summed E-state index contributed by atoms with van der Waals surface area (Å²) in [6.07, 6.45) is 4.59. The summed E-state index contributed by atoms with van der Waals surface area (Å²) in [5, 5.41) is 14.9. The van der Waals surface area contributed by atoms with Crippen molar-refractivity contribution >= 4 is 17.0 Å². The Morgan fingerprint density at radius 3 is 2.73 bits per heavy atom. The second-order valence-electron chi connectivity index (χ2n) is 4.30. The molecule has 1 aromatic rings. The molecule has 4 N–H and O–H groups in total. The molecule has 2 rings (SSSR count). The molecule has 0 aromatic carbocycles. The van der Waals surface area contributed by atoms with Crippen molar-refractivity contribution in [1.82, 2.24) is 5.32 Å². The van der Waals surface area contributed by atoms with Gasteiger partial charge in [0.15, 0.2) is 0 Å². The summed E-state index contributed by atoms with van der Waals surface area (Å²) in [7, 11) is 0. The Kier molecular flexibility index (Phi) is 3.29. The van der Waals surface area contributed by atoms with E-state index in [4.69, 9.17) is 5.73 Å². The lowest BCUT2D eigenvalue weighted by molar-refractivity contribution is 0.163. The number of anilines is 1. The van der Waals surface area contributed by atoms with Gasteiger partial charge in [0.05, 0.1) is 6.61 Å². The fourth-order valence-corrected chi connectivity index (χ4v) is 2.94.